The monoisotopic (exact) mass is 269 g/mol. The maximum atomic E-state index is 11.9. The summed E-state index contributed by atoms with van der Waals surface area (Å²) < 4.78 is 30.7. The van der Waals surface area contributed by atoms with E-state index in [-0.39, 0.29) is 22.8 Å². The normalized spacial score (nSPS) is 10.7. The summed E-state index contributed by atoms with van der Waals surface area (Å²) in [5.41, 5.74) is -0.156. The van der Waals surface area contributed by atoms with Crippen LogP contribution in [-0.4, -0.2) is 33.1 Å². The largest absolute Gasteiger partial charge is 0.495 e. The van der Waals surface area contributed by atoms with Gasteiger partial charge in [-0.2, -0.15) is 4.72 Å². The summed E-state index contributed by atoms with van der Waals surface area (Å²) >= 11 is 0. The van der Waals surface area contributed by atoms with Crippen molar-refractivity contribution in [2.45, 2.75) is 4.90 Å². The Morgan fingerprint density at radius 2 is 2.22 bits per heavy atom. The number of methoxy groups -OCH3 is 1. The number of sulfonamides is 1. The number of aromatic carboxylic acids is 1. The van der Waals surface area contributed by atoms with E-state index in [9.17, 15) is 13.2 Å². The molecule has 7 heteroatoms. The topological polar surface area (TPSA) is 92.7 Å². The molecule has 6 nitrogen and oxygen atoms in total. The number of carboxylic acid groups (broad SMARTS) is 1. The molecule has 0 saturated heterocycles. The third-order valence-corrected chi connectivity index (χ3v) is 3.49. The second-order valence-electron chi connectivity index (χ2n) is 3.20. The van der Waals surface area contributed by atoms with Gasteiger partial charge in [0.2, 0.25) is 10.0 Å². The summed E-state index contributed by atoms with van der Waals surface area (Å²) in [4.78, 5) is 10.5. The zero-order chi connectivity index (χ0) is 13.8. The molecule has 1 aromatic carbocycles. The van der Waals surface area contributed by atoms with Gasteiger partial charge < -0.3 is 9.84 Å². The number of hydrogen-bond donors (Lipinski definition) is 2. The number of ether oxygens (including phenoxy) is 1. The van der Waals surface area contributed by atoms with E-state index in [1.54, 1.807) is 0 Å². The van der Waals surface area contributed by atoms with Gasteiger partial charge >= 0.3 is 5.97 Å². The predicted octanol–water partition coefficient (Wildman–Crippen LogP) is 0.305. The van der Waals surface area contributed by atoms with Crippen LogP contribution in [0.4, 0.5) is 0 Å². The van der Waals surface area contributed by atoms with Gasteiger partial charge in [0.1, 0.15) is 10.6 Å². The Morgan fingerprint density at radius 1 is 1.56 bits per heavy atom. The average molecular weight is 269 g/mol. The van der Waals surface area contributed by atoms with Crippen molar-refractivity contribution in [2.24, 2.45) is 0 Å². The van der Waals surface area contributed by atoms with Crippen molar-refractivity contribution in [3.8, 4) is 18.1 Å². The first-order chi connectivity index (χ1) is 8.42. The highest BCUT2D eigenvalue weighted by molar-refractivity contribution is 7.89. The van der Waals surface area contributed by atoms with Gasteiger partial charge in [-0.15, -0.1) is 6.42 Å². The fourth-order valence-corrected chi connectivity index (χ4v) is 2.36. The van der Waals surface area contributed by atoms with Crippen LogP contribution in [0.5, 0.6) is 5.75 Å². The summed E-state index contributed by atoms with van der Waals surface area (Å²) in [7, 11) is -2.61. The van der Waals surface area contributed by atoms with Crippen molar-refractivity contribution in [3.63, 3.8) is 0 Å². The van der Waals surface area contributed by atoms with Crippen LogP contribution in [-0.2, 0) is 10.0 Å². The van der Waals surface area contributed by atoms with Crippen LogP contribution < -0.4 is 9.46 Å². The SMILES string of the molecule is C#CCNS(=O)(=O)c1cc(C(=O)O)ccc1OC. The Kier molecular flexibility index (Phi) is 4.31. The number of carboxylic acids is 1. The Hall–Kier alpha value is -2.04. The molecule has 96 valence electrons. The van der Waals surface area contributed by atoms with Gasteiger partial charge in [0, 0.05) is 0 Å². The second kappa shape index (κ2) is 5.53. The molecule has 2 N–H and O–H groups in total. The molecule has 0 fully saturated rings. The van der Waals surface area contributed by atoms with Crippen molar-refractivity contribution in [2.75, 3.05) is 13.7 Å². The lowest BCUT2D eigenvalue weighted by atomic mass is 10.2. The molecule has 0 saturated carbocycles. The zero-order valence-corrected chi connectivity index (χ0v) is 10.3. The summed E-state index contributed by atoms with van der Waals surface area (Å²) in [5.74, 6) is 0.936. The van der Waals surface area contributed by atoms with Crippen LogP contribution in [0, 0.1) is 12.3 Å². The Morgan fingerprint density at radius 3 is 2.72 bits per heavy atom. The fraction of sp³-hybridized carbons (Fsp3) is 0.182. The first-order valence-corrected chi connectivity index (χ1v) is 6.25. The van der Waals surface area contributed by atoms with Crippen molar-refractivity contribution >= 4 is 16.0 Å². The van der Waals surface area contributed by atoms with Gasteiger partial charge in [-0.1, -0.05) is 5.92 Å². The van der Waals surface area contributed by atoms with Crippen LogP contribution in [0.2, 0.25) is 0 Å². The van der Waals surface area contributed by atoms with E-state index in [1.807, 2.05) is 0 Å². The summed E-state index contributed by atoms with van der Waals surface area (Å²) in [6.07, 6.45) is 4.96. The lowest BCUT2D eigenvalue weighted by Gasteiger charge is -2.10. The van der Waals surface area contributed by atoms with Crippen LogP contribution in [0.25, 0.3) is 0 Å². The zero-order valence-electron chi connectivity index (χ0n) is 9.50. The summed E-state index contributed by atoms with van der Waals surface area (Å²) in [6.45, 7) is -0.192. The van der Waals surface area contributed by atoms with Crippen molar-refractivity contribution in [1.82, 2.24) is 4.72 Å². The van der Waals surface area contributed by atoms with E-state index in [4.69, 9.17) is 16.3 Å². The molecule has 0 aliphatic carbocycles. The Labute approximate surface area is 105 Å². The van der Waals surface area contributed by atoms with E-state index in [1.165, 1.54) is 19.2 Å². The van der Waals surface area contributed by atoms with Crippen molar-refractivity contribution in [3.05, 3.63) is 23.8 Å². The number of hydrogen-bond acceptors (Lipinski definition) is 4. The minimum absolute atomic E-state index is 0.0459. The molecule has 0 spiro atoms. The molecule has 0 atom stereocenters. The number of nitrogens with one attached hydrogen (secondary N) is 1. The summed E-state index contributed by atoms with van der Waals surface area (Å²) in [6, 6.07) is 3.54. The number of carbonyl (C=O) groups is 1. The lowest BCUT2D eigenvalue weighted by Crippen LogP contribution is -2.24. The highest BCUT2D eigenvalue weighted by atomic mass is 32.2. The molecular formula is C11H11NO5S. The van der Waals surface area contributed by atoms with Gasteiger partial charge in [0.05, 0.1) is 19.2 Å². The Bertz CT molecular complexity index is 600. The van der Waals surface area contributed by atoms with E-state index < -0.39 is 16.0 Å². The van der Waals surface area contributed by atoms with Gasteiger partial charge in [-0.25, -0.2) is 13.2 Å². The van der Waals surface area contributed by atoms with E-state index in [2.05, 4.69) is 10.6 Å². The van der Waals surface area contributed by atoms with Crippen LogP contribution >= 0.6 is 0 Å². The third-order valence-electron chi connectivity index (χ3n) is 2.06. The predicted molar refractivity (Wildman–Crippen MR) is 64.0 cm³/mol. The maximum absolute atomic E-state index is 11.9. The molecule has 0 aromatic heterocycles. The quantitative estimate of drug-likeness (QED) is 0.750. The molecule has 0 unspecified atom stereocenters. The van der Waals surface area contributed by atoms with Crippen molar-refractivity contribution in [1.29, 1.82) is 0 Å². The minimum Gasteiger partial charge on any atom is -0.495 e. The minimum atomic E-state index is -3.90. The first-order valence-electron chi connectivity index (χ1n) is 4.77. The third kappa shape index (κ3) is 3.00. The van der Waals surface area contributed by atoms with Crippen LogP contribution in [0.1, 0.15) is 10.4 Å². The highest BCUT2D eigenvalue weighted by Crippen LogP contribution is 2.24. The molecule has 0 radical (unpaired) electrons. The average Bonchev–Trinajstić information content (AvgIpc) is 2.35. The van der Waals surface area contributed by atoms with E-state index >= 15 is 0 Å². The van der Waals surface area contributed by atoms with E-state index in [0.29, 0.717) is 0 Å². The smallest absolute Gasteiger partial charge is 0.335 e. The van der Waals surface area contributed by atoms with E-state index in [0.717, 1.165) is 6.07 Å². The van der Waals surface area contributed by atoms with Gasteiger partial charge in [-0.3, -0.25) is 0 Å². The second-order valence-corrected chi connectivity index (χ2v) is 4.93. The van der Waals surface area contributed by atoms with Gasteiger partial charge in [0.15, 0.2) is 0 Å². The van der Waals surface area contributed by atoms with Crippen LogP contribution in [0.3, 0.4) is 0 Å². The molecule has 0 amide bonds. The number of terminal acetylenes is 1. The number of benzene rings is 1. The molecule has 1 aromatic rings. The van der Waals surface area contributed by atoms with Crippen LogP contribution in [0.15, 0.2) is 23.1 Å². The molecule has 1 rings (SSSR count). The summed E-state index contributed by atoms with van der Waals surface area (Å²) in [5, 5.41) is 8.83. The molecule has 18 heavy (non-hydrogen) atoms. The number of rotatable bonds is 5. The first kappa shape index (κ1) is 14.0. The maximum Gasteiger partial charge on any atom is 0.335 e. The van der Waals surface area contributed by atoms with Crippen molar-refractivity contribution < 1.29 is 23.1 Å². The molecule has 0 bridgehead atoms. The highest BCUT2D eigenvalue weighted by Gasteiger charge is 2.20. The van der Waals surface area contributed by atoms with Gasteiger partial charge in [0.25, 0.3) is 0 Å². The fourth-order valence-electron chi connectivity index (χ4n) is 1.23. The standard InChI is InChI=1S/C11H11NO5S/c1-3-6-12-18(15,16)10-7-8(11(13)14)4-5-9(10)17-2/h1,4-5,7,12H,6H2,2H3,(H,13,14). The molecule has 0 heterocycles. The Balaban J connectivity index is 3.33. The van der Waals surface area contributed by atoms with Gasteiger partial charge in [-0.05, 0) is 18.2 Å². The molecular weight excluding hydrogens is 258 g/mol. The molecule has 0 aliphatic heterocycles. The lowest BCUT2D eigenvalue weighted by molar-refractivity contribution is 0.0696. The molecule has 0 aliphatic rings.